The van der Waals surface area contributed by atoms with E-state index in [2.05, 4.69) is 17.2 Å². The molecular formula is C28H37N5O4. The number of ether oxygens (including phenoxy) is 3. The van der Waals surface area contributed by atoms with Crippen LogP contribution in [0.1, 0.15) is 68.1 Å². The molecule has 0 unspecified atom stereocenters. The third-order valence-electron chi connectivity index (χ3n) is 6.73. The molecule has 37 heavy (non-hydrogen) atoms. The smallest absolute Gasteiger partial charge is 0.251 e. The number of anilines is 1. The highest BCUT2D eigenvalue weighted by Crippen LogP contribution is 2.42. The Hall–Kier alpha value is -3.14. The molecular weight excluding hydrogens is 470 g/mol. The number of nitrogens with one attached hydrogen (secondary N) is 1. The lowest BCUT2D eigenvalue weighted by atomic mass is 9.84. The summed E-state index contributed by atoms with van der Waals surface area (Å²) in [6, 6.07) is 11.1. The van der Waals surface area contributed by atoms with Crippen LogP contribution in [0.2, 0.25) is 0 Å². The average molecular weight is 508 g/mol. The van der Waals surface area contributed by atoms with Crippen LogP contribution >= 0.6 is 0 Å². The fraction of sp³-hybridized carbons (Fsp3) is 0.500. The molecule has 3 aromatic rings. The largest absolute Gasteiger partial charge is 0.383 e. The van der Waals surface area contributed by atoms with Crippen LogP contribution < -0.4 is 11.1 Å². The number of carbonyl (C=O) groups excluding carboxylic acids is 1. The van der Waals surface area contributed by atoms with Crippen molar-refractivity contribution in [3.63, 3.8) is 0 Å². The van der Waals surface area contributed by atoms with E-state index < -0.39 is 5.79 Å². The lowest BCUT2D eigenvalue weighted by molar-refractivity contribution is -0.179. The quantitative estimate of drug-likeness (QED) is 0.469. The van der Waals surface area contributed by atoms with Crippen molar-refractivity contribution in [3.05, 3.63) is 47.8 Å². The van der Waals surface area contributed by atoms with Crippen molar-refractivity contribution in [1.82, 2.24) is 20.3 Å². The van der Waals surface area contributed by atoms with Crippen LogP contribution in [0.3, 0.4) is 0 Å². The molecule has 0 radical (unpaired) electrons. The van der Waals surface area contributed by atoms with Crippen molar-refractivity contribution in [2.45, 2.75) is 57.7 Å². The summed E-state index contributed by atoms with van der Waals surface area (Å²) in [6.07, 6.45) is 4.57. The maximum absolute atomic E-state index is 12.0. The molecule has 3 N–H and O–H groups in total. The zero-order valence-electron chi connectivity index (χ0n) is 22.0. The molecule has 0 bridgehead atoms. The Morgan fingerprint density at radius 2 is 1.86 bits per heavy atom. The summed E-state index contributed by atoms with van der Waals surface area (Å²) >= 11 is 0. The predicted molar refractivity (Wildman–Crippen MR) is 143 cm³/mol. The Bertz CT molecular complexity index is 1200. The standard InChI is InChI=1S/C23H25N5O3.C5H12O/c1-25-22(29)16-4-2-3-15(13-16)18-6-5-17-19(24)27-20(28-21(17)26-18)14-7-9-23(10-8-14)30-11-12-31-23;1-3-5-6-4-2/h2-6,13-14H,7-12H2,1H3,(H,25,29)(H2,24,26,27,28);3-5H2,1-2H3. The molecule has 1 aliphatic heterocycles. The van der Waals surface area contributed by atoms with Crippen LogP contribution in [-0.4, -0.2) is 60.1 Å². The van der Waals surface area contributed by atoms with Crippen molar-refractivity contribution >= 4 is 22.8 Å². The molecule has 1 aromatic carbocycles. The van der Waals surface area contributed by atoms with Gasteiger partial charge in [0.25, 0.3) is 5.91 Å². The van der Waals surface area contributed by atoms with Gasteiger partial charge in [-0.05, 0) is 50.5 Å². The molecule has 1 saturated heterocycles. The highest BCUT2D eigenvalue weighted by Gasteiger charge is 2.41. The summed E-state index contributed by atoms with van der Waals surface area (Å²) in [5.41, 5.74) is 8.98. The molecule has 3 heterocycles. The van der Waals surface area contributed by atoms with E-state index in [9.17, 15) is 4.79 Å². The van der Waals surface area contributed by atoms with E-state index in [1.54, 1.807) is 13.1 Å². The van der Waals surface area contributed by atoms with Gasteiger partial charge in [-0.2, -0.15) is 0 Å². The summed E-state index contributed by atoms with van der Waals surface area (Å²) in [6.45, 7) is 7.21. The molecule has 2 aliphatic rings. The topological polar surface area (TPSA) is 121 Å². The first-order valence-electron chi connectivity index (χ1n) is 13.1. The van der Waals surface area contributed by atoms with Gasteiger partial charge in [-0.25, -0.2) is 15.0 Å². The minimum absolute atomic E-state index is 0.137. The Morgan fingerprint density at radius 1 is 1.11 bits per heavy atom. The number of benzene rings is 1. The second-order valence-corrected chi connectivity index (χ2v) is 9.27. The van der Waals surface area contributed by atoms with Crippen molar-refractivity contribution in [3.8, 4) is 11.3 Å². The van der Waals surface area contributed by atoms with Crippen molar-refractivity contribution in [2.24, 2.45) is 0 Å². The van der Waals surface area contributed by atoms with Gasteiger partial charge in [-0.3, -0.25) is 4.79 Å². The van der Waals surface area contributed by atoms with Gasteiger partial charge in [-0.15, -0.1) is 0 Å². The number of nitrogens with two attached hydrogens (primary N) is 1. The van der Waals surface area contributed by atoms with Crippen LogP contribution in [0.4, 0.5) is 5.82 Å². The third kappa shape index (κ3) is 6.41. The van der Waals surface area contributed by atoms with Crippen molar-refractivity contribution < 1.29 is 19.0 Å². The Morgan fingerprint density at radius 3 is 2.51 bits per heavy atom. The Kier molecular flexibility index (Phi) is 9.02. The first-order valence-corrected chi connectivity index (χ1v) is 13.1. The number of hydrogen-bond acceptors (Lipinski definition) is 8. The van der Waals surface area contributed by atoms with Gasteiger partial charge < -0.3 is 25.3 Å². The zero-order valence-corrected chi connectivity index (χ0v) is 22.0. The lowest BCUT2D eigenvalue weighted by Gasteiger charge is -2.34. The number of carbonyl (C=O) groups is 1. The number of pyridine rings is 1. The van der Waals surface area contributed by atoms with E-state index in [1.165, 1.54) is 0 Å². The molecule has 198 valence electrons. The molecule has 9 heteroatoms. The molecule has 9 nitrogen and oxygen atoms in total. The van der Waals surface area contributed by atoms with Gasteiger partial charge in [0.1, 0.15) is 11.6 Å². The van der Waals surface area contributed by atoms with Crippen molar-refractivity contribution in [1.29, 1.82) is 0 Å². The summed E-state index contributed by atoms with van der Waals surface area (Å²) < 4.78 is 16.6. The van der Waals surface area contributed by atoms with Crippen LogP contribution in [-0.2, 0) is 14.2 Å². The molecule has 5 rings (SSSR count). The zero-order chi connectivity index (χ0) is 26.3. The maximum atomic E-state index is 12.0. The molecule has 1 spiro atoms. The molecule has 1 amide bonds. The third-order valence-corrected chi connectivity index (χ3v) is 6.73. The van der Waals surface area contributed by atoms with Crippen LogP contribution in [0.15, 0.2) is 36.4 Å². The number of nitrogen functional groups attached to an aromatic ring is 1. The van der Waals surface area contributed by atoms with E-state index >= 15 is 0 Å². The van der Waals surface area contributed by atoms with Crippen LogP contribution in [0.25, 0.3) is 22.3 Å². The minimum atomic E-state index is -0.417. The van der Waals surface area contributed by atoms with Crippen LogP contribution in [0.5, 0.6) is 0 Å². The number of hydrogen-bond donors (Lipinski definition) is 2. The van der Waals surface area contributed by atoms with Gasteiger partial charge in [0.15, 0.2) is 11.4 Å². The average Bonchev–Trinajstić information content (AvgIpc) is 3.39. The van der Waals surface area contributed by atoms with Gasteiger partial charge in [0.2, 0.25) is 0 Å². The summed E-state index contributed by atoms with van der Waals surface area (Å²) in [4.78, 5) is 26.1. The predicted octanol–water partition coefficient (Wildman–Crippen LogP) is 4.47. The Labute approximate surface area is 218 Å². The SMILES string of the molecule is CCCOCC.CNC(=O)c1cccc(-c2ccc3c(N)nc(C4CCC5(CC4)OCCO5)nc3n2)c1. The molecule has 1 aliphatic carbocycles. The van der Waals surface area contributed by atoms with E-state index in [1.807, 2.05) is 37.3 Å². The lowest BCUT2D eigenvalue weighted by Crippen LogP contribution is -2.35. The van der Waals surface area contributed by atoms with E-state index in [0.717, 1.165) is 67.8 Å². The summed E-state index contributed by atoms with van der Waals surface area (Å²) in [5, 5.41) is 3.37. The van der Waals surface area contributed by atoms with E-state index in [0.29, 0.717) is 30.2 Å². The van der Waals surface area contributed by atoms with E-state index in [-0.39, 0.29) is 11.8 Å². The highest BCUT2D eigenvalue weighted by atomic mass is 16.7. The highest BCUT2D eigenvalue weighted by molar-refractivity contribution is 5.95. The minimum Gasteiger partial charge on any atom is -0.383 e. The van der Waals surface area contributed by atoms with Crippen LogP contribution in [0, 0.1) is 0 Å². The summed E-state index contributed by atoms with van der Waals surface area (Å²) in [7, 11) is 1.61. The second kappa shape index (κ2) is 12.4. The van der Waals surface area contributed by atoms with Gasteiger partial charge >= 0.3 is 0 Å². The number of rotatable bonds is 6. The fourth-order valence-corrected chi connectivity index (χ4v) is 4.75. The summed E-state index contributed by atoms with van der Waals surface area (Å²) in [5.74, 6) is 0.808. The monoisotopic (exact) mass is 507 g/mol. The second-order valence-electron chi connectivity index (χ2n) is 9.27. The Balaban J connectivity index is 0.000000480. The number of aromatic nitrogens is 3. The number of nitrogens with zero attached hydrogens (tertiary/aromatic N) is 3. The number of fused-ring (bicyclic) bond motifs is 1. The van der Waals surface area contributed by atoms with Crippen molar-refractivity contribution in [2.75, 3.05) is 39.2 Å². The molecule has 2 fully saturated rings. The normalized spacial score (nSPS) is 16.9. The maximum Gasteiger partial charge on any atom is 0.251 e. The van der Waals surface area contributed by atoms with Gasteiger partial charge in [-0.1, -0.05) is 19.1 Å². The van der Waals surface area contributed by atoms with Gasteiger partial charge in [0.05, 0.1) is 24.3 Å². The molecule has 1 saturated carbocycles. The first-order chi connectivity index (χ1) is 18.0. The molecule has 2 aromatic heterocycles. The molecule has 0 atom stereocenters. The first kappa shape index (κ1) is 26.9. The number of amides is 1. The fourth-order valence-electron chi connectivity index (χ4n) is 4.75. The van der Waals surface area contributed by atoms with Gasteiger partial charge in [0, 0.05) is 50.1 Å². The van der Waals surface area contributed by atoms with E-state index in [4.69, 9.17) is 29.9 Å².